The Balaban J connectivity index is 1.98. The van der Waals surface area contributed by atoms with Gasteiger partial charge in [0, 0.05) is 6.54 Å². The van der Waals surface area contributed by atoms with Crippen LogP contribution in [0.5, 0.6) is 0 Å². The lowest BCUT2D eigenvalue weighted by Gasteiger charge is -2.11. The van der Waals surface area contributed by atoms with Gasteiger partial charge in [0.1, 0.15) is 0 Å². The van der Waals surface area contributed by atoms with E-state index in [0.29, 0.717) is 5.38 Å². The van der Waals surface area contributed by atoms with Gasteiger partial charge in [-0.2, -0.15) is 0 Å². The molecule has 2 aliphatic carbocycles. The maximum Gasteiger partial charge on any atom is 0.0521 e. The third-order valence-electron chi connectivity index (χ3n) is 3.37. The van der Waals surface area contributed by atoms with Gasteiger partial charge in [0.25, 0.3) is 0 Å². The van der Waals surface area contributed by atoms with E-state index in [1.165, 1.54) is 18.5 Å². The monoisotopic (exact) mass is 199 g/mol. The van der Waals surface area contributed by atoms with Gasteiger partial charge in [0.05, 0.1) is 5.38 Å². The molecule has 0 N–H and O–H groups in total. The summed E-state index contributed by atoms with van der Waals surface area (Å²) in [6, 6.07) is 0. The summed E-state index contributed by atoms with van der Waals surface area (Å²) in [4.78, 5) is 2.29. The number of hydrogen-bond donors (Lipinski definition) is 0. The van der Waals surface area contributed by atoms with Gasteiger partial charge in [0.2, 0.25) is 0 Å². The Morgan fingerprint density at radius 2 is 2.23 bits per heavy atom. The van der Waals surface area contributed by atoms with E-state index in [1.54, 1.807) is 0 Å². The van der Waals surface area contributed by atoms with Crippen LogP contribution >= 0.6 is 11.6 Å². The van der Waals surface area contributed by atoms with Crippen molar-refractivity contribution in [2.75, 3.05) is 20.6 Å². The van der Waals surface area contributed by atoms with Crippen molar-refractivity contribution in [2.24, 2.45) is 17.8 Å². The Labute approximate surface area is 85.8 Å². The summed E-state index contributed by atoms with van der Waals surface area (Å²) in [5.74, 6) is 2.63. The average molecular weight is 200 g/mol. The normalized spacial score (nSPS) is 43.0. The molecule has 4 unspecified atom stereocenters. The molecule has 2 heteroatoms. The lowest BCUT2D eigenvalue weighted by molar-refractivity contribution is 0.373. The van der Waals surface area contributed by atoms with Crippen LogP contribution in [0.25, 0.3) is 0 Å². The maximum atomic E-state index is 6.14. The molecule has 0 aromatic heterocycles. The van der Waals surface area contributed by atoms with Gasteiger partial charge in [-0.05, 0) is 45.2 Å². The number of fused-ring (bicyclic) bond motifs is 1. The van der Waals surface area contributed by atoms with Gasteiger partial charge in [-0.15, -0.1) is 11.6 Å². The second-order valence-corrected chi connectivity index (χ2v) is 5.34. The third kappa shape index (κ3) is 1.77. The van der Waals surface area contributed by atoms with Crippen molar-refractivity contribution >= 4 is 11.6 Å². The molecule has 0 aliphatic heterocycles. The summed E-state index contributed by atoms with van der Waals surface area (Å²) in [7, 11) is 4.31. The van der Waals surface area contributed by atoms with Gasteiger partial charge in [-0.3, -0.25) is 0 Å². The summed E-state index contributed by atoms with van der Waals surface area (Å²) in [5, 5.41) is 0.299. The Morgan fingerprint density at radius 3 is 2.85 bits per heavy atom. The molecule has 74 valence electrons. The summed E-state index contributed by atoms with van der Waals surface area (Å²) >= 11 is 6.14. The average Bonchev–Trinajstić information content (AvgIpc) is 2.61. The lowest BCUT2D eigenvalue weighted by Crippen LogP contribution is -2.16. The van der Waals surface area contributed by atoms with E-state index in [-0.39, 0.29) is 0 Å². The molecule has 1 fully saturated rings. The van der Waals surface area contributed by atoms with E-state index in [0.717, 1.165) is 17.8 Å². The van der Waals surface area contributed by atoms with Crippen molar-refractivity contribution in [3.63, 3.8) is 0 Å². The van der Waals surface area contributed by atoms with Crippen molar-refractivity contribution in [3.8, 4) is 0 Å². The molecular formula is C11H18ClN. The molecular weight excluding hydrogens is 182 g/mol. The Kier molecular flexibility index (Phi) is 2.41. The SMILES string of the molecule is CC1=CC(Cl)CC2C(CN(C)C)C12. The van der Waals surface area contributed by atoms with Crippen molar-refractivity contribution in [2.45, 2.75) is 18.7 Å². The maximum absolute atomic E-state index is 6.14. The highest BCUT2D eigenvalue weighted by Crippen LogP contribution is 2.56. The molecule has 1 saturated carbocycles. The van der Waals surface area contributed by atoms with Crippen LogP contribution < -0.4 is 0 Å². The molecule has 0 bridgehead atoms. The zero-order chi connectivity index (χ0) is 9.59. The standard InChI is InChI=1S/C11H18ClN/c1-7-4-8(12)5-9-10(11(7)9)6-13(2)3/h4,8-11H,5-6H2,1-3H3. The highest BCUT2D eigenvalue weighted by molar-refractivity contribution is 6.21. The molecule has 0 spiro atoms. The Morgan fingerprint density at radius 1 is 1.54 bits per heavy atom. The highest BCUT2D eigenvalue weighted by atomic mass is 35.5. The smallest absolute Gasteiger partial charge is 0.0521 e. The summed E-state index contributed by atoms with van der Waals surface area (Å²) < 4.78 is 0. The highest BCUT2D eigenvalue weighted by Gasteiger charge is 2.52. The van der Waals surface area contributed by atoms with Crippen LogP contribution in [-0.2, 0) is 0 Å². The van der Waals surface area contributed by atoms with Crippen LogP contribution in [0.3, 0.4) is 0 Å². The van der Waals surface area contributed by atoms with E-state index in [4.69, 9.17) is 11.6 Å². The van der Waals surface area contributed by atoms with Gasteiger partial charge in [0.15, 0.2) is 0 Å². The molecule has 0 radical (unpaired) electrons. The van der Waals surface area contributed by atoms with E-state index < -0.39 is 0 Å². The topological polar surface area (TPSA) is 3.24 Å². The number of nitrogens with zero attached hydrogens (tertiary/aromatic N) is 1. The van der Waals surface area contributed by atoms with Gasteiger partial charge >= 0.3 is 0 Å². The predicted molar refractivity (Wildman–Crippen MR) is 57.0 cm³/mol. The molecule has 0 saturated heterocycles. The molecule has 2 aliphatic rings. The van der Waals surface area contributed by atoms with Crippen molar-refractivity contribution in [1.29, 1.82) is 0 Å². The van der Waals surface area contributed by atoms with Crippen LogP contribution in [0.15, 0.2) is 11.6 Å². The molecule has 0 aromatic carbocycles. The zero-order valence-corrected chi connectivity index (χ0v) is 9.38. The Hall–Kier alpha value is -0.0100. The van der Waals surface area contributed by atoms with Crippen molar-refractivity contribution in [3.05, 3.63) is 11.6 Å². The van der Waals surface area contributed by atoms with Crippen LogP contribution in [0, 0.1) is 17.8 Å². The summed E-state index contributed by atoms with van der Waals surface area (Å²) in [6.45, 7) is 3.46. The van der Waals surface area contributed by atoms with E-state index in [2.05, 4.69) is 32.0 Å². The van der Waals surface area contributed by atoms with Gasteiger partial charge < -0.3 is 4.90 Å². The third-order valence-corrected chi connectivity index (χ3v) is 3.68. The second kappa shape index (κ2) is 3.29. The first-order chi connectivity index (χ1) is 6.09. The van der Waals surface area contributed by atoms with Crippen LogP contribution in [-0.4, -0.2) is 30.9 Å². The fourth-order valence-electron chi connectivity index (χ4n) is 2.84. The van der Waals surface area contributed by atoms with Crippen LogP contribution in [0.1, 0.15) is 13.3 Å². The van der Waals surface area contributed by atoms with Crippen LogP contribution in [0.2, 0.25) is 0 Å². The molecule has 1 nitrogen and oxygen atoms in total. The number of allylic oxidation sites excluding steroid dienone is 2. The van der Waals surface area contributed by atoms with Crippen molar-refractivity contribution in [1.82, 2.24) is 4.90 Å². The zero-order valence-electron chi connectivity index (χ0n) is 8.63. The largest absolute Gasteiger partial charge is 0.309 e. The van der Waals surface area contributed by atoms with E-state index in [1.807, 2.05) is 0 Å². The number of halogens is 1. The van der Waals surface area contributed by atoms with E-state index in [9.17, 15) is 0 Å². The fraction of sp³-hybridized carbons (Fsp3) is 0.818. The number of hydrogen-bond acceptors (Lipinski definition) is 1. The molecule has 4 atom stereocenters. The number of rotatable bonds is 2. The second-order valence-electron chi connectivity index (χ2n) is 4.78. The molecule has 0 heterocycles. The fourth-order valence-corrected chi connectivity index (χ4v) is 3.24. The first kappa shape index (κ1) is 9.54. The number of alkyl halides is 1. The van der Waals surface area contributed by atoms with E-state index >= 15 is 0 Å². The van der Waals surface area contributed by atoms with Gasteiger partial charge in [-0.1, -0.05) is 11.6 Å². The molecule has 2 rings (SSSR count). The van der Waals surface area contributed by atoms with Crippen LogP contribution in [0.4, 0.5) is 0 Å². The minimum atomic E-state index is 0.299. The molecule has 13 heavy (non-hydrogen) atoms. The summed E-state index contributed by atoms with van der Waals surface area (Å²) in [6.07, 6.45) is 3.44. The minimum absolute atomic E-state index is 0.299. The first-order valence-corrected chi connectivity index (χ1v) is 5.50. The molecule has 0 amide bonds. The quantitative estimate of drug-likeness (QED) is 0.488. The summed E-state index contributed by atoms with van der Waals surface area (Å²) in [5.41, 5.74) is 1.53. The first-order valence-electron chi connectivity index (χ1n) is 5.06. The predicted octanol–water partition coefficient (Wildman–Crippen LogP) is 2.37. The molecule has 0 aromatic rings. The Bertz CT molecular complexity index is 234. The van der Waals surface area contributed by atoms with Crippen molar-refractivity contribution < 1.29 is 0 Å². The lowest BCUT2D eigenvalue weighted by atomic mass is 10.0. The van der Waals surface area contributed by atoms with Gasteiger partial charge in [-0.25, -0.2) is 0 Å². The minimum Gasteiger partial charge on any atom is -0.309 e.